The van der Waals surface area contributed by atoms with Crippen LogP contribution in [-0.4, -0.2) is 31.1 Å². The zero-order chi connectivity index (χ0) is 21.5. The largest absolute Gasteiger partial charge is 0.287 e. The molecule has 0 aromatic heterocycles. The summed E-state index contributed by atoms with van der Waals surface area (Å²) in [6, 6.07) is 33.3. The Morgan fingerprint density at radius 1 is 0.750 bits per heavy atom. The van der Waals surface area contributed by atoms with E-state index >= 15 is 0 Å². The fourth-order valence-corrected chi connectivity index (χ4v) is 6.25. The monoisotopic (exact) mass is 437 g/mol. The normalized spacial score (nSPS) is 20.3. The van der Waals surface area contributed by atoms with Gasteiger partial charge in [0, 0.05) is 37.1 Å². The highest BCUT2D eigenvalue weighted by atomic mass is 35.5. The fraction of sp³-hybridized carbons (Fsp3) is 0.241. The second-order valence-corrected chi connectivity index (χ2v) is 9.35. The van der Waals surface area contributed by atoms with E-state index in [1.165, 1.54) is 33.0 Å². The maximum atomic E-state index is 6.36. The third-order valence-corrected chi connectivity index (χ3v) is 7.63. The van der Waals surface area contributed by atoms with E-state index in [1.54, 1.807) is 0 Å². The summed E-state index contributed by atoms with van der Waals surface area (Å²) in [5.74, 6) is 0.310. The van der Waals surface area contributed by atoms with Crippen molar-refractivity contribution in [3.63, 3.8) is 0 Å². The van der Waals surface area contributed by atoms with Crippen LogP contribution in [0.5, 0.6) is 0 Å². The summed E-state index contributed by atoms with van der Waals surface area (Å²) < 4.78 is 0. The van der Waals surface area contributed by atoms with E-state index in [1.807, 2.05) is 12.1 Å². The van der Waals surface area contributed by atoms with Gasteiger partial charge in [-0.3, -0.25) is 4.90 Å². The van der Waals surface area contributed by atoms with Crippen molar-refractivity contribution in [1.82, 2.24) is 10.2 Å². The first-order valence-electron chi connectivity index (χ1n) is 11.5. The summed E-state index contributed by atoms with van der Waals surface area (Å²) >= 11 is 6.36. The molecule has 2 nitrogen and oxygen atoms in total. The van der Waals surface area contributed by atoms with E-state index in [9.17, 15) is 0 Å². The maximum absolute atomic E-state index is 6.36. The average molecular weight is 438 g/mol. The van der Waals surface area contributed by atoms with Crippen LogP contribution >= 0.6 is 11.6 Å². The van der Waals surface area contributed by atoms with Crippen molar-refractivity contribution >= 4 is 22.4 Å². The lowest BCUT2D eigenvalue weighted by atomic mass is 9.68. The molecule has 0 bridgehead atoms. The zero-order valence-electron chi connectivity index (χ0n) is 18.0. The topological polar surface area (TPSA) is 17.3 Å². The molecule has 3 heteroatoms. The van der Waals surface area contributed by atoms with Crippen molar-refractivity contribution in [2.45, 2.75) is 17.9 Å². The van der Waals surface area contributed by atoms with E-state index in [0.717, 1.165) is 37.6 Å². The lowest BCUT2D eigenvalue weighted by molar-refractivity contribution is 0.0793. The van der Waals surface area contributed by atoms with Gasteiger partial charge in [-0.1, -0.05) is 90.5 Å². The number of hydrogen-bond donors (Lipinski definition) is 0. The number of rotatable bonds is 4. The predicted octanol–water partition coefficient (Wildman–Crippen LogP) is 6.00. The van der Waals surface area contributed by atoms with Gasteiger partial charge in [-0.15, -0.1) is 0 Å². The SMILES string of the molecule is Clc1ccc(C(c2ccccc2)(C2Cc3cccc4cccc2c34)N2CC[N]CC2)cc1. The Hall–Kier alpha value is -2.65. The highest BCUT2D eigenvalue weighted by Crippen LogP contribution is 2.54. The molecular formula is C29H26ClN2. The van der Waals surface area contributed by atoms with E-state index in [2.05, 4.69) is 89.1 Å². The number of nitrogens with zero attached hydrogens (tertiary/aromatic N) is 2. The Kier molecular flexibility index (Phi) is 5.02. The minimum absolute atomic E-state index is 0.283. The quantitative estimate of drug-likeness (QED) is 0.383. The van der Waals surface area contributed by atoms with Crippen LogP contribution in [0, 0.1) is 0 Å². The van der Waals surface area contributed by atoms with Gasteiger partial charge in [0.25, 0.3) is 0 Å². The van der Waals surface area contributed by atoms with Crippen LogP contribution in [0.4, 0.5) is 0 Å². The Labute approximate surface area is 194 Å². The van der Waals surface area contributed by atoms with Crippen molar-refractivity contribution in [3.8, 4) is 0 Å². The van der Waals surface area contributed by atoms with Gasteiger partial charge in [0.1, 0.15) is 0 Å². The van der Waals surface area contributed by atoms with Gasteiger partial charge < -0.3 is 0 Å². The standard InChI is InChI=1S/C29H26ClN2/c30-25-14-12-24(13-15-25)29(23-9-2-1-3-10-23,32-18-16-31-17-19-32)27-20-22-8-4-6-21-7-5-11-26(27)28(21)22/h1-15,27H,16-20H2. The Bertz CT molecular complexity index is 1240. The Morgan fingerprint density at radius 3 is 2.19 bits per heavy atom. The van der Waals surface area contributed by atoms with Crippen LogP contribution < -0.4 is 5.32 Å². The third-order valence-electron chi connectivity index (χ3n) is 7.38. The minimum Gasteiger partial charge on any atom is -0.287 e. The van der Waals surface area contributed by atoms with Crippen molar-refractivity contribution in [3.05, 3.63) is 118 Å². The van der Waals surface area contributed by atoms with Gasteiger partial charge >= 0.3 is 0 Å². The smallest absolute Gasteiger partial charge is 0.0789 e. The van der Waals surface area contributed by atoms with Crippen LogP contribution in [0.15, 0.2) is 91.0 Å². The second kappa shape index (κ2) is 8.04. The van der Waals surface area contributed by atoms with Crippen LogP contribution in [-0.2, 0) is 12.0 Å². The molecule has 0 amide bonds. The molecule has 1 saturated heterocycles. The third kappa shape index (κ3) is 3.02. The van der Waals surface area contributed by atoms with Crippen molar-refractivity contribution < 1.29 is 0 Å². The lowest BCUT2D eigenvalue weighted by Gasteiger charge is -2.50. The molecule has 4 aromatic carbocycles. The molecule has 1 aliphatic carbocycles. The van der Waals surface area contributed by atoms with Crippen molar-refractivity contribution in [2.24, 2.45) is 0 Å². The van der Waals surface area contributed by atoms with Crippen LogP contribution in [0.2, 0.25) is 5.02 Å². The van der Waals surface area contributed by atoms with Gasteiger partial charge in [0.05, 0.1) is 5.54 Å². The number of piperazine rings is 1. The van der Waals surface area contributed by atoms with Gasteiger partial charge in [0.2, 0.25) is 0 Å². The van der Waals surface area contributed by atoms with E-state index in [4.69, 9.17) is 11.6 Å². The number of halogens is 1. The fourth-order valence-electron chi connectivity index (χ4n) is 6.12. The number of benzene rings is 4. The first-order chi connectivity index (χ1) is 15.8. The summed E-state index contributed by atoms with van der Waals surface area (Å²) in [5.41, 5.74) is 5.29. The molecule has 0 spiro atoms. The van der Waals surface area contributed by atoms with Crippen LogP contribution in [0.3, 0.4) is 0 Å². The van der Waals surface area contributed by atoms with E-state index < -0.39 is 0 Å². The molecule has 2 atom stereocenters. The lowest BCUT2D eigenvalue weighted by Crippen LogP contribution is -2.56. The predicted molar refractivity (Wildman–Crippen MR) is 133 cm³/mol. The summed E-state index contributed by atoms with van der Waals surface area (Å²) in [5, 5.41) is 8.25. The highest BCUT2D eigenvalue weighted by Gasteiger charge is 2.50. The van der Waals surface area contributed by atoms with E-state index in [-0.39, 0.29) is 5.54 Å². The summed E-state index contributed by atoms with van der Waals surface area (Å²) in [7, 11) is 0. The molecule has 1 heterocycles. The molecular weight excluding hydrogens is 412 g/mol. The first kappa shape index (κ1) is 20.0. The molecule has 4 aromatic rings. The maximum Gasteiger partial charge on any atom is 0.0789 e. The minimum atomic E-state index is -0.283. The summed E-state index contributed by atoms with van der Waals surface area (Å²) in [4.78, 5) is 2.69. The molecule has 0 N–H and O–H groups in total. The first-order valence-corrected chi connectivity index (χ1v) is 11.9. The molecule has 159 valence electrons. The van der Waals surface area contributed by atoms with Crippen molar-refractivity contribution in [2.75, 3.05) is 26.2 Å². The average Bonchev–Trinajstić information content (AvgIpc) is 3.23. The van der Waals surface area contributed by atoms with Gasteiger partial charge in [-0.25, -0.2) is 5.32 Å². The molecule has 1 aliphatic heterocycles. The van der Waals surface area contributed by atoms with Gasteiger partial charge in [0.15, 0.2) is 0 Å². The van der Waals surface area contributed by atoms with Gasteiger partial charge in [-0.2, -0.15) is 0 Å². The summed E-state index contributed by atoms with van der Waals surface area (Å²) in [6.45, 7) is 3.68. The summed E-state index contributed by atoms with van der Waals surface area (Å²) in [6.07, 6.45) is 1.03. The van der Waals surface area contributed by atoms with Crippen LogP contribution in [0.25, 0.3) is 10.8 Å². The molecule has 32 heavy (non-hydrogen) atoms. The Balaban J connectivity index is 1.66. The molecule has 2 unspecified atom stereocenters. The second-order valence-electron chi connectivity index (χ2n) is 8.92. The molecule has 6 rings (SSSR count). The van der Waals surface area contributed by atoms with Crippen molar-refractivity contribution in [1.29, 1.82) is 0 Å². The molecule has 2 aliphatic rings. The van der Waals surface area contributed by atoms with Crippen LogP contribution in [0.1, 0.15) is 28.2 Å². The Morgan fingerprint density at radius 2 is 1.44 bits per heavy atom. The molecule has 0 saturated carbocycles. The highest BCUT2D eigenvalue weighted by molar-refractivity contribution is 6.30. The number of hydrogen-bond acceptors (Lipinski definition) is 1. The molecule has 1 fully saturated rings. The van der Waals surface area contributed by atoms with E-state index in [0.29, 0.717) is 5.92 Å². The molecule has 1 radical (unpaired) electrons. The zero-order valence-corrected chi connectivity index (χ0v) is 18.8. The van der Waals surface area contributed by atoms with Gasteiger partial charge in [-0.05, 0) is 51.6 Å².